The van der Waals surface area contributed by atoms with Crippen LogP contribution in [0.5, 0.6) is 0 Å². The van der Waals surface area contributed by atoms with E-state index in [-0.39, 0.29) is 12.5 Å². The molecule has 1 heterocycles. The number of benzene rings is 1. The van der Waals surface area contributed by atoms with E-state index in [4.69, 9.17) is 4.74 Å². The van der Waals surface area contributed by atoms with Crippen molar-refractivity contribution in [2.75, 3.05) is 19.7 Å². The summed E-state index contributed by atoms with van der Waals surface area (Å²) >= 11 is 0. The standard InChI is InChI=1S/C16H18N2O3/c1-3-9-18(11-15(19)21-4-2)16(20)13-6-5-12-7-8-17-14(12)10-13/h3,5-8,10,17H,1,4,9,11H2,2H3. The maximum atomic E-state index is 12.5. The van der Waals surface area contributed by atoms with E-state index < -0.39 is 5.97 Å². The Balaban J connectivity index is 2.19. The van der Waals surface area contributed by atoms with Crippen molar-refractivity contribution in [2.45, 2.75) is 6.92 Å². The molecule has 1 amide bonds. The Morgan fingerprint density at radius 2 is 2.19 bits per heavy atom. The third kappa shape index (κ3) is 3.51. The lowest BCUT2D eigenvalue weighted by atomic mass is 10.1. The van der Waals surface area contributed by atoms with Crippen LogP contribution < -0.4 is 0 Å². The summed E-state index contributed by atoms with van der Waals surface area (Å²) in [5.74, 6) is -0.645. The molecule has 21 heavy (non-hydrogen) atoms. The highest BCUT2D eigenvalue weighted by molar-refractivity contribution is 5.99. The molecule has 5 nitrogen and oxygen atoms in total. The average molecular weight is 286 g/mol. The van der Waals surface area contributed by atoms with E-state index in [2.05, 4.69) is 11.6 Å². The van der Waals surface area contributed by atoms with Crippen LogP contribution in [0, 0.1) is 0 Å². The molecule has 0 fully saturated rings. The molecule has 0 saturated carbocycles. The molecular weight excluding hydrogens is 268 g/mol. The van der Waals surface area contributed by atoms with Crippen molar-refractivity contribution in [3.05, 3.63) is 48.7 Å². The van der Waals surface area contributed by atoms with E-state index in [0.717, 1.165) is 10.9 Å². The zero-order valence-corrected chi connectivity index (χ0v) is 12.0. The molecule has 0 radical (unpaired) electrons. The predicted molar refractivity (Wildman–Crippen MR) is 81.0 cm³/mol. The third-order valence-electron chi connectivity index (χ3n) is 3.06. The van der Waals surface area contributed by atoms with Gasteiger partial charge in [-0.25, -0.2) is 0 Å². The number of rotatable bonds is 6. The smallest absolute Gasteiger partial charge is 0.325 e. The van der Waals surface area contributed by atoms with Crippen molar-refractivity contribution in [2.24, 2.45) is 0 Å². The van der Waals surface area contributed by atoms with Gasteiger partial charge in [-0.3, -0.25) is 9.59 Å². The van der Waals surface area contributed by atoms with Crippen LogP contribution in [0.25, 0.3) is 10.9 Å². The molecule has 1 aromatic heterocycles. The number of hydrogen-bond donors (Lipinski definition) is 1. The number of carbonyl (C=O) groups excluding carboxylic acids is 2. The number of nitrogens with one attached hydrogen (secondary N) is 1. The van der Waals surface area contributed by atoms with Crippen molar-refractivity contribution < 1.29 is 14.3 Å². The van der Waals surface area contributed by atoms with E-state index in [1.54, 1.807) is 25.1 Å². The molecule has 2 rings (SSSR count). The van der Waals surface area contributed by atoms with Gasteiger partial charge in [-0.05, 0) is 30.5 Å². The normalized spacial score (nSPS) is 10.3. The summed E-state index contributed by atoms with van der Waals surface area (Å²) < 4.78 is 4.89. The molecule has 1 N–H and O–H groups in total. The van der Waals surface area contributed by atoms with Crippen LogP contribution in [0.1, 0.15) is 17.3 Å². The first-order chi connectivity index (χ1) is 10.2. The van der Waals surface area contributed by atoms with Gasteiger partial charge in [0.25, 0.3) is 5.91 Å². The summed E-state index contributed by atoms with van der Waals surface area (Å²) in [5.41, 5.74) is 1.41. The summed E-state index contributed by atoms with van der Waals surface area (Å²) in [5, 5.41) is 1.03. The van der Waals surface area contributed by atoms with Gasteiger partial charge in [0.1, 0.15) is 6.54 Å². The Morgan fingerprint density at radius 1 is 1.38 bits per heavy atom. The lowest BCUT2D eigenvalue weighted by Gasteiger charge is -2.20. The van der Waals surface area contributed by atoms with Gasteiger partial charge in [0.05, 0.1) is 6.61 Å². The highest BCUT2D eigenvalue weighted by atomic mass is 16.5. The Hall–Kier alpha value is -2.56. The van der Waals surface area contributed by atoms with Crippen LogP contribution in [-0.4, -0.2) is 41.5 Å². The first-order valence-electron chi connectivity index (χ1n) is 6.78. The predicted octanol–water partition coefficient (Wildman–Crippen LogP) is 2.36. The molecule has 0 spiro atoms. The zero-order chi connectivity index (χ0) is 15.2. The Morgan fingerprint density at radius 3 is 2.90 bits per heavy atom. The van der Waals surface area contributed by atoms with Gasteiger partial charge >= 0.3 is 5.97 Å². The van der Waals surface area contributed by atoms with Crippen molar-refractivity contribution in [3.8, 4) is 0 Å². The van der Waals surface area contributed by atoms with E-state index in [1.165, 1.54) is 4.90 Å². The minimum atomic E-state index is -0.423. The third-order valence-corrected chi connectivity index (χ3v) is 3.06. The summed E-state index contributed by atoms with van der Waals surface area (Å²) in [4.78, 5) is 28.6. The van der Waals surface area contributed by atoms with Gasteiger partial charge in [0, 0.05) is 23.8 Å². The molecule has 0 bridgehead atoms. The first kappa shape index (κ1) is 14.8. The quantitative estimate of drug-likeness (QED) is 0.655. The summed E-state index contributed by atoms with van der Waals surface area (Å²) in [6.07, 6.45) is 3.41. The highest BCUT2D eigenvalue weighted by Crippen LogP contribution is 2.15. The average Bonchev–Trinajstić information content (AvgIpc) is 2.93. The summed E-state index contributed by atoms with van der Waals surface area (Å²) in [7, 11) is 0. The highest BCUT2D eigenvalue weighted by Gasteiger charge is 2.18. The van der Waals surface area contributed by atoms with Crippen LogP contribution >= 0.6 is 0 Å². The van der Waals surface area contributed by atoms with Crippen molar-refractivity contribution in [1.82, 2.24) is 9.88 Å². The number of hydrogen-bond acceptors (Lipinski definition) is 3. The number of esters is 1. The van der Waals surface area contributed by atoms with Crippen LogP contribution in [-0.2, 0) is 9.53 Å². The molecule has 0 saturated heterocycles. The molecule has 5 heteroatoms. The number of ether oxygens (including phenoxy) is 1. The summed E-state index contributed by atoms with van der Waals surface area (Å²) in [6, 6.07) is 7.33. The number of H-pyrrole nitrogens is 1. The Bertz CT molecular complexity index is 660. The second-order valence-corrected chi connectivity index (χ2v) is 4.56. The second kappa shape index (κ2) is 6.74. The number of amides is 1. The molecule has 110 valence electrons. The maximum absolute atomic E-state index is 12.5. The fourth-order valence-corrected chi connectivity index (χ4v) is 2.10. The minimum Gasteiger partial charge on any atom is -0.465 e. The van der Waals surface area contributed by atoms with Gasteiger partial charge in [-0.15, -0.1) is 6.58 Å². The number of fused-ring (bicyclic) bond motifs is 1. The first-order valence-corrected chi connectivity index (χ1v) is 6.78. The second-order valence-electron chi connectivity index (χ2n) is 4.56. The molecular formula is C16H18N2O3. The fourth-order valence-electron chi connectivity index (χ4n) is 2.10. The van der Waals surface area contributed by atoms with E-state index >= 15 is 0 Å². The minimum absolute atomic E-state index is 0.0819. The maximum Gasteiger partial charge on any atom is 0.325 e. The number of aromatic amines is 1. The molecule has 0 atom stereocenters. The fraction of sp³-hybridized carbons (Fsp3) is 0.250. The zero-order valence-electron chi connectivity index (χ0n) is 12.0. The lowest BCUT2D eigenvalue weighted by Crippen LogP contribution is -2.36. The van der Waals surface area contributed by atoms with Crippen molar-refractivity contribution in [1.29, 1.82) is 0 Å². The van der Waals surface area contributed by atoms with Crippen LogP contribution in [0.15, 0.2) is 43.1 Å². The molecule has 0 aliphatic rings. The number of aromatic nitrogens is 1. The van der Waals surface area contributed by atoms with Crippen molar-refractivity contribution in [3.63, 3.8) is 0 Å². The van der Waals surface area contributed by atoms with Gasteiger partial charge < -0.3 is 14.6 Å². The largest absolute Gasteiger partial charge is 0.465 e. The molecule has 2 aromatic rings. The molecule has 0 aliphatic heterocycles. The molecule has 0 unspecified atom stereocenters. The van der Waals surface area contributed by atoms with Gasteiger partial charge in [0.2, 0.25) is 0 Å². The topological polar surface area (TPSA) is 62.4 Å². The molecule has 0 aliphatic carbocycles. The Kier molecular flexibility index (Phi) is 4.77. The number of carbonyl (C=O) groups is 2. The van der Waals surface area contributed by atoms with E-state index in [1.807, 2.05) is 18.3 Å². The van der Waals surface area contributed by atoms with Crippen LogP contribution in [0.3, 0.4) is 0 Å². The van der Waals surface area contributed by atoms with E-state index in [9.17, 15) is 9.59 Å². The van der Waals surface area contributed by atoms with E-state index in [0.29, 0.717) is 18.7 Å². The Labute approximate surface area is 123 Å². The summed E-state index contributed by atoms with van der Waals surface area (Å²) in [6.45, 7) is 5.86. The van der Waals surface area contributed by atoms with Gasteiger partial charge in [-0.1, -0.05) is 12.1 Å². The monoisotopic (exact) mass is 286 g/mol. The van der Waals surface area contributed by atoms with Crippen LogP contribution in [0.4, 0.5) is 0 Å². The van der Waals surface area contributed by atoms with Gasteiger partial charge in [-0.2, -0.15) is 0 Å². The SMILES string of the molecule is C=CCN(CC(=O)OCC)C(=O)c1ccc2cc[nH]c2c1. The number of nitrogens with zero attached hydrogens (tertiary/aromatic N) is 1. The lowest BCUT2D eigenvalue weighted by molar-refractivity contribution is -0.143. The van der Waals surface area contributed by atoms with Crippen molar-refractivity contribution >= 4 is 22.8 Å². The van der Waals surface area contributed by atoms with Gasteiger partial charge in [0.15, 0.2) is 0 Å². The molecule has 1 aromatic carbocycles. The van der Waals surface area contributed by atoms with Crippen LogP contribution in [0.2, 0.25) is 0 Å².